The van der Waals surface area contributed by atoms with Gasteiger partial charge in [-0.25, -0.2) is 9.59 Å². The molecule has 1 amide bonds. The molecule has 2 unspecified atom stereocenters. The highest BCUT2D eigenvalue weighted by molar-refractivity contribution is 5.75. The van der Waals surface area contributed by atoms with Crippen LogP contribution in [0.1, 0.15) is 33.6 Å². The van der Waals surface area contributed by atoms with Gasteiger partial charge in [0, 0.05) is 19.1 Å². The SMILES string of the molecule is COC(=O)C1CC(NC(=O)OC(C)(C)C)CCO1. The first-order chi connectivity index (χ1) is 8.31. The summed E-state index contributed by atoms with van der Waals surface area (Å²) in [7, 11) is 1.32. The molecule has 1 heterocycles. The monoisotopic (exact) mass is 259 g/mol. The number of methoxy groups -OCH3 is 1. The number of amides is 1. The average molecular weight is 259 g/mol. The minimum Gasteiger partial charge on any atom is -0.467 e. The minimum atomic E-state index is -0.608. The Kier molecular flexibility index (Phi) is 4.95. The molecule has 1 rings (SSSR count). The molecule has 0 aromatic rings. The summed E-state index contributed by atoms with van der Waals surface area (Å²) < 4.78 is 15.0. The smallest absolute Gasteiger partial charge is 0.407 e. The van der Waals surface area contributed by atoms with Gasteiger partial charge in [0.05, 0.1) is 7.11 Å². The number of rotatable bonds is 2. The molecular weight excluding hydrogens is 238 g/mol. The van der Waals surface area contributed by atoms with E-state index in [-0.39, 0.29) is 6.04 Å². The van der Waals surface area contributed by atoms with Crippen LogP contribution in [-0.2, 0) is 19.0 Å². The van der Waals surface area contributed by atoms with Crippen LogP contribution in [-0.4, -0.2) is 43.5 Å². The van der Waals surface area contributed by atoms with Gasteiger partial charge in [-0.2, -0.15) is 0 Å². The lowest BCUT2D eigenvalue weighted by Gasteiger charge is -2.29. The van der Waals surface area contributed by atoms with Crippen LogP contribution in [0.25, 0.3) is 0 Å². The molecule has 6 nitrogen and oxygen atoms in total. The van der Waals surface area contributed by atoms with E-state index in [9.17, 15) is 9.59 Å². The molecule has 0 spiro atoms. The van der Waals surface area contributed by atoms with Crippen molar-refractivity contribution in [3.63, 3.8) is 0 Å². The van der Waals surface area contributed by atoms with Gasteiger partial charge in [-0.1, -0.05) is 0 Å². The number of ether oxygens (including phenoxy) is 3. The van der Waals surface area contributed by atoms with Gasteiger partial charge < -0.3 is 19.5 Å². The molecule has 1 aliphatic rings. The first kappa shape index (κ1) is 14.8. The molecule has 6 heteroatoms. The summed E-state index contributed by atoms with van der Waals surface area (Å²) in [5, 5.41) is 2.74. The number of esters is 1. The molecule has 18 heavy (non-hydrogen) atoms. The molecule has 104 valence electrons. The third kappa shape index (κ3) is 4.91. The Morgan fingerprint density at radius 2 is 2.00 bits per heavy atom. The van der Waals surface area contributed by atoms with E-state index in [0.717, 1.165) is 0 Å². The standard InChI is InChI=1S/C12H21NO5/c1-12(2,3)18-11(15)13-8-5-6-17-9(7-8)10(14)16-4/h8-9H,5-7H2,1-4H3,(H,13,15). The predicted molar refractivity (Wildman–Crippen MR) is 64.1 cm³/mol. The second-order valence-electron chi connectivity index (χ2n) is 5.25. The van der Waals surface area contributed by atoms with E-state index in [1.54, 1.807) is 20.8 Å². The number of nitrogens with one attached hydrogen (secondary N) is 1. The van der Waals surface area contributed by atoms with E-state index in [0.29, 0.717) is 19.4 Å². The highest BCUT2D eigenvalue weighted by Crippen LogP contribution is 2.16. The van der Waals surface area contributed by atoms with Gasteiger partial charge in [-0.3, -0.25) is 0 Å². The lowest BCUT2D eigenvalue weighted by Crippen LogP contribution is -2.46. The van der Waals surface area contributed by atoms with Gasteiger partial charge >= 0.3 is 12.1 Å². The Morgan fingerprint density at radius 1 is 1.33 bits per heavy atom. The maximum absolute atomic E-state index is 11.6. The van der Waals surface area contributed by atoms with E-state index in [1.165, 1.54) is 7.11 Å². The summed E-state index contributed by atoms with van der Waals surface area (Å²) in [5.41, 5.74) is -0.531. The maximum Gasteiger partial charge on any atom is 0.407 e. The van der Waals surface area contributed by atoms with Crippen molar-refractivity contribution in [2.75, 3.05) is 13.7 Å². The molecule has 1 aliphatic heterocycles. The summed E-state index contributed by atoms with van der Waals surface area (Å²) in [5.74, 6) is -0.411. The zero-order chi connectivity index (χ0) is 13.8. The second-order valence-corrected chi connectivity index (χ2v) is 5.25. The van der Waals surface area contributed by atoms with Crippen LogP contribution in [0.5, 0.6) is 0 Å². The number of carbonyl (C=O) groups is 2. The molecule has 1 fully saturated rings. The molecule has 1 saturated heterocycles. The van der Waals surface area contributed by atoms with Crippen molar-refractivity contribution in [3.05, 3.63) is 0 Å². The summed E-state index contributed by atoms with van der Waals surface area (Å²) >= 11 is 0. The van der Waals surface area contributed by atoms with Crippen LogP contribution in [0.15, 0.2) is 0 Å². The van der Waals surface area contributed by atoms with Gasteiger partial charge in [0.1, 0.15) is 5.60 Å². The van der Waals surface area contributed by atoms with E-state index in [2.05, 4.69) is 10.1 Å². The largest absolute Gasteiger partial charge is 0.467 e. The van der Waals surface area contributed by atoms with Crippen molar-refractivity contribution in [1.29, 1.82) is 0 Å². The van der Waals surface area contributed by atoms with Gasteiger partial charge in [0.2, 0.25) is 0 Å². The lowest BCUT2D eigenvalue weighted by atomic mass is 10.0. The van der Waals surface area contributed by atoms with Gasteiger partial charge in [-0.15, -0.1) is 0 Å². The molecule has 2 atom stereocenters. The minimum absolute atomic E-state index is 0.127. The molecule has 0 saturated carbocycles. The Morgan fingerprint density at radius 3 is 2.56 bits per heavy atom. The van der Waals surface area contributed by atoms with Gasteiger partial charge in [0.15, 0.2) is 6.10 Å². The molecule has 1 N–H and O–H groups in total. The molecule has 0 aliphatic carbocycles. The van der Waals surface area contributed by atoms with Crippen LogP contribution in [0.4, 0.5) is 4.79 Å². The summed E-state index contributed by atoms with van der Waals surface area (Å²) in [6.07, 6.45) is -0.0136. The Labute approximate surface area is 107 Å². The second kappa shape index (κ2) is 6.04. The average Bonchev–Trinajstić information content (AvgIpc) is 2.25. The number of alkyl carbamates (subject to hydrolysis) is 1. The topological polar surface area (TPSA) is 73.9 Å². The van der Waals surface area contributed by atoms with Crippen molar-refractivity contribution >= 4 is 12.1 Å². The maximum atomic E-state index is 11.6. The fraction of sp³-hybridized carbons (Fsp3) is 0.833. The number of carbonyl (C=O) groups excluding carboxylic acids is 2. The molecule has 0 radical (unpaired) electrons. The van der Waals surface area contributed by atoms with E-state index in [4.69, 9.17) is 9.47 Å². The number of hydrogen-bond acceptors (Lipinski definition) is 5. The highest BCUT2D eigenvalue weighted by atomic mass is 16.6. The van der Waals surface area contributed by atoms with Crippen molar-refractivity contribution in [2.45, 2.75) is 51.4 Å². The van der Waals surface area contributed by atoms with Crippen LogP contribution in [0.3, 0.4) is 0 Å². The van der Waals surface area contributed by atoms with Crippen molar-refractivity contribution in [2.24, 2.45) is 0 Å². The highest BCUT2D eigenvalue weighted by Gasteiger charge is 2.30. The summed E-state index contributed by atoms with van der Waals surface area (Å²) in [4.78, 5) is 22.9. The zero-order valence-corrected chi connectivity index (χ0v) is 11.3. The van der Waals surface area contributed by atoms with E-state index in [1.807, 2.05) is 0 Å². The van der Waals surface area contributed by atoms with E-state index >= 15 is 0 Å². The fourth-order valence-electron chi connectivity index (χ4n) is 1.70. The first-order valence-corrected chi connectivity index (χ1v) is 6.01. The zero-order valence-electron chi connectivity index (χ0n) is 11.3. The van der Waals surface area contributed by atoms with Gasteiger partial charge in [-0.05, 0) is 27.2 Å². The van der Waals surface area contributed by atoms with Crippen LogP contribution >= 0.6 is 0 Å². The van der Waals surface area contributed by atoms with Crippen LogP contribution < -0.4 is 5.32 Å². The Bertz CT molecular complexity index is 310. The molecule has 0 aromatic heterocycles. The van der Waals surface area contributed by atoms with E-state index < -0.39 is 23.8 Å². The van der Waals surface area contributed by atoms with Crippen LogP contribution in [0, 0.1) is 0 Å². The molecule has 0 bridgehead atoms. The Hall–Kier alpha value is -1.30. The predicted octanol–water partition coefficient (Wildman–Crippen LogP) is 1.23. The first-order valence-electron chi connectivity index (χ1n) is 6.01. The normalized spacial score (nSPS) is 24.2. The third-order valence-electron chi connectivity index (χ3n) is 2.47. The van der Waals surface area contributed by atoms with Crippen LogP contribution in [0.2, 0.25) is 0 Å². The summed E-state index contributed by atoms with van der Waals surface area (Å²) in [6, 6.07) is -0.127. The number of hydrogen-bond donors (Lipinski definition) is 1. The third-order valence-corrected chi connectivity index (χ3v) is 2.47. The fourth-order valence-corrected chi connectivity index (χ4v) is 1.70. The van der Waals surface area contributed by atoms with Crippen molar-refractivity contribution in [3.8, 4) is 0 Å². The molecule has 0 aromatic carbocycles. The van der Waals surface area contributed by atoms with Crippen molar-refractivity contribution in [1.82, 2.24) is 5.32 Å². The van der Waals surface area contributed by atoms with Gasteiger partial charge in [0.25, 0.3) is 0 Å². The Balaban J connectivity index is 2.43. The summed E-state index contributed by atoms with van der Waals surface area (Å²) in [6.45, 7) is 5.82. The molecular formula is C12H21NO5. The lowest BCUT2D eigenvalue weighted by molar-refractivity contribution is -0.157. The quantitative estimate of drug-likeness (QED) is 0.755. The van der Waals surface area contributed by atoms with Crippen molar-refractivity contribution < 1.29 is 23.8 Å².